The second-order valence-corrected chi connectivity index (χ2v) is 5.15. The highest BCUT2D eigenvalue weighted by molar-refractivity contribution is 6.30. The van der Waals surface area contributed by atoms with Gasteiger partial charge in [0.2, 0.25) is 0 Å². The minimum Gasteiger partial charge on any atom is -0.493 e. The van der Waals surface area contributed by atoms with Crippen LogP contribution in [-0.4, -0.2) is 16.2 Å². The molecule has 1 aromatic heterocycles. The molecule has 1 aliphatic rings. The van der Waals surface area contributed by atoms with Crippen molar-refractivity contribution >= 4 is 11.6 Å². The smallest absolute Gasteiger partial charge is 0.127 e. The quantitative estimate of drug-likeness (QED) is 0.932. The van der Waals surface area contributed by atoms with Gasteiger partial charge in [-0.15, -0.1) is 0 Å². The largest absolute Gasteiger partial charge is 0.493 e. The molecule has 0 radical (unpaired) electrons. The summed E-state index contributed by atoms with van der Waals surface area (Å²) in [5, 5.41) is 4.16. The van der Waals surface area contributed by atoms with Crippen LogP contribution in [0.4, 0.5) is 0 Å². The Morgan fingerprint density at radius 3 is 3.11 bits per heavy atom. The lowest BCUT2D eigenvalue weighted by molar-refractivity contribution is 0.352. The first-order chi connectivity index (χ1) is 9.24. The molecule has 0 spiro atoms. The van der Waals surface area contributed by atoms with Crippen LogP contribution in [0.25, 0.3) is 0 Å². The summed E-state index contributed by atoms with van der Waals surface area (Å²) in [4.78, 5) is 4.28. The standard InChI is InChI=1S/C14H16ClN3O/c1-18-4-3-17-13(18)9-16-8-11-7-12(15)6-10-2-5-19-14(10)11/h3-4,6-7,16H,2,5,8-9H2,1H3. The number of halogens is 1. The Morgan fingerprint density at radius 2 is 2.32 bits per heavy atom. The molecule has 0 fully saturated rings. The van der Waals surface area contributed by atoms with Crippen molar-refractivity contribution < 1.29 is 4.74 Å². The van der Waals surface area contributed by atoms with Gasteiger partial charge in [0.1, 0.15) is 11.6 Å². The zero-order valence-corrected chi connectivity index (χ0v) is 11.6. The molecule has 0 amide bonds. The number of hydrogen-bond acceptors (Lipinski definition) is 3. The van der Waals surface area contributed by atoms with Crippen LogP contribution in [0.15, 0.2) is 24.5 Å². The number of hydrogen-bond donors (Lipinski definition) is 1. The van der Waals surface area contributed by atoms with Gasteiger partial charge in [0.05, 0.1) is 13.2 Å². The summed E-state index contributed by atoms with van der Waals surface area (Å²) in [6.45, 7) is 2.21. The summed E-state index contributed by atoms with van der Waals surface area (Å²) in [7, 11) is 1.99. The van der Waals surface area contributed by atoms with E-state index in [1.54, 1.807) is 6.20 Å². The second-order valence-electron chi connectivity index (χ2n) is 4.71. The minimum absolute atomic E-state index is 0.727. The van der Waals surface area contributed by atoms with Gasteiger partial charge in [-0.25, -0.2) is 4.98 Å². The molecule has 1 aliphatic heterocycles. The topological polar surface area (TPSA) is 39.1 Å². The molecule has 1 N–H and O–H groups in total. The zero-order chi connectivity index (χ0) is 13.2. The van der Waals surface area contributed by atoms with Crippen molar-refractivity contribution in [2.24, 2.45) is 7.05 Å². The van der Waals surface area contributed by atoms with Gasteiger partial charge in [0.15, 0.2) is 0 Å². The average molecular weight is 278 g/mol. The first-order valence-electron chi connectivity index (χ1n) is 6.35. The van der Waals surface area contributed by atoms with Crippen LogP contribution in [-0.2, 0) is 26.6 Å². The third-order valence-electron chi connectivity index (χ3n) is 3.34. The number of nitrogens with one attached hydrogen (secondary N) is 1. The number of aryl methyl sites for hydroxylation is 1. The fourth-order valence-corrected chi connectivity index (χ4v) is 2.62. The molecule has 3 rings (SSSR count). The van der Waals surface area contributed by atoms with Gasteiger partial charge in [0.25, 0.3) is 0 Å². The van der Waals surface area contributed by atoms with E-state index in [0.29, 0.717) is 0 Å². The fraction of sp³-hybridized carbons (Fsp3) is 0.357. The molecule has 0 saturated heterocycles. The number of ether oxygens (including phenoxy) is 1. The van der Waals surface area contributed by atoms with Crippen LogP contribution in [0.3, 0.4) is 0 Å². The third kappa shape index (κ3) is 2.60. The molecule has 5 heteroatoms. The molecular formula is C14H16ClN3O. The molecule has 1 aromatic carbocycles. The summed E-state index contributed by atoms with van der Waals surface area (Å²) in [6, 6.07) is 3.96. The van der Waals surface area contributed by atoms with Crippen molar-refractivity contribution in [2.45, 2.75) is 19.5 Å². The zero-order valence-electron chi connectivity index (χ0n) is 10.8. The molecule has 0 atom stereocenters. The Balaban J connectivity index is 1.69. The average Bonchev–Trinajstić information content (AvgIpc) is 2.98. The SMILES string of the molecule is Cn1ccnc1CNCc1cc(Cl)cc2c1OCC2. The predicted molar refractivity (Wildman–Crippen MR) is 74.4 cm³/mol. The van der Waals surface area contributed by atoms with Gasteiger partial charge in [-0.2, -0.15) is 0 Å². The second kappa shape index (κ2) is 5.23. The highest BCUT2D eigenvalue weighted by Crippen LogP contribution is 2.32. The Hall–Kier alpha value is -1.52. The molecule has 0 aliphatic carbocycles. The molecule has 100 valence electrons. The highest BCUT2D eigenvalue weighted by Gasteiger charge is 2.17. The highest BCUT2D eigenvalue weighted by atomic mass is 35.5. The van der Waals surface area contributed by atoms with Gasteiger partial charge < -0.3 is 14.6 Å². The van der Waals surface area contributed by atoms with E-state index in [1.165, 1.54) is 5.56 Å². The Bertz CT molecular complexity index is 594. The maximum Gasteiger partial charge on any atom is 0.127 e. The lowest BCUT2D eigenvalue weighted by Gasteiger charge is -2.10. The lowest BCUT2D eigenvalue weighted by atomic mass is 10.1. The minimum atomic E-state index is 0.727. The number of nitrogens with zero attached hydrogens (tertiary/aromatic N) is 2. The van der Waals surface area contributed by atoms with Gasteiger partial charge in [0, 0.05) is 43.0 Å². The summed E-state index contributed by atoms with van der Waals surface area (Å²) in [6.07, 6.45) is 4.69. The molecule has 0 unspecified atom stereocenters. The van der Waals surface area contributed by atoms with Crippen molar-refractivity contribution in [2.75, 3.05) is 6.61 Å². The maximum absolute atomic E-state index is 6.13. The number of benzene rings is 1. The van der Waals surface area contributed by atoms with Crippen LogP contribution in [0.5, 0.6) is 5.75 Å². The van der Waals surface area contributed by atoms with E-state index in [4.69, 9.17) is 16.3 Å². The van der Waals surface area contributed by atoms with Gasteiger partial charge in [-0.05, 0) is 17.7 Å². The van der Waals surface area contributed by atoms with Gasteiger partial charge >= 0.3 is 0 Å². The van der Waals surface area contributed by atoms with E-state index < -0.39 is 0 Å². The van der Waals surface area contributed by atoms with E-state index >= 15 is 0 Å². The fourth-order valence-electron chi connectivity index (χ4n) is 2.35. The number of imidazole rings is 1. The molecule has 0 bridgehead atoms. The maximum atomic E-state index is 6.13. The first kappa shape index (κ1) is 12.5. The van der Waals surface area contributed by atoms with Gasteiger partial charge in [-0.3, -0.25) is 0 Å². The van der Waals surface area contributed by atoms with Crippen LogP contribution in [0.2, 0.25) is 5.02 Å². The normalized spacial score (nSPS) is 13.4. The van der Waals surface area contributed by atoms with Crippen LogP contribution < -0.4 is 10.1 Å². The van der Waals surface area contributed by atoms with Crippen molar-refractivity contribution in [1.29, 1.82) is 0 Å². The van der Waals surface area contributed by atoms with Crippen molar-refractivity contribution in [3.8, 4) is 5.75 Å². The Kier molecular flexibility index (Phi) is 3.44. The molecule has 19 heavy (non-hydrogen) atoms. The Morgan fingerprint density at radius 1 is 1.42 bits per heavy atom. The van der Waals surface area contributed by atoms with E-state index in [0.717, 1.165) is 48.3 Å². The number of rotatable bonds is 4. The van der Waals surface area contributed by atoms with Crippen LogP contribution in [0.1, 0.15) is 17.0 Å². The molecule has 2 aromatic rings. The van der Waals surface area contributed by atoms with Crippen molar-refractivity contribution in [3.05, 3.63) is 46.5 Å². The van der Waals surface area contributed by atoms with E-state index in [-0.39, 0.29) is 0 Å². The van der Waals surface area contributed by atoms with Gasteiger partial charge in [-0.1, -0.05) is 11.6 Å². The Labute approximate surface area is 117 Å². The van der Waals surface area contributed by atoms with Crippen molar-refractivity contribution in [1.82, 2.24) is 14.9 Å². The number of fused-ring (bicyclic) bond motifs is 1. The monoisotopic (exact) mass is 277 g/mol. The van der Waals surface area contributed by atoms with E-state index in [1.807, 2.05) is 29.9 Å². The van der Waals surface area contributed by atoms with E-state index in [2.05, 4.69) is 10.3 Å². The first-order valence-corrected chi connectivity index (χ1v) is 6.73. The lowest BCUT2D eigenvalue weighted by Crippen LogP contribution is -2.16. The predicted octanol–water partition coefficient (Wildman–Crippen LogP) is 2.30. The van der Waals surface area contributed by atoms with Crippen molar-refractivity contribution in [3.63, 3.8) is 0 Å². The third-order valence-corrected chi connectivity index (χ3v) is 3.56. The van der Waals surface area contributed by atoms with Crippen LogP contribution in [0, 0.1) is 0 Å². The molecule has 0 saturated carbocycles. The molecular weight excluding hydrogens is 262 g/mol. The summed E-state index contributed by atoms with van der Waals surface area (Å²) in [5.74, 6) is 2.01. The molecule has 4 nitrogen and oxygen atoms in total. The molecule has 2 heterocycles. The van der Waals surface area contributed by atoms with E-state index in [9.17, 15) is 0 Å². The summed E-state index contributed by atoms with van der Waals surface area (Å²) in [5.41, 5.74) is 2.33. The van der Waals surface area contributed by atoms with Crippen LogP contribution >= 0.6 is 11.6 Å². The number of aromatic nitrogens is 2. The summed E-state index contributed by atoms with van der Waals surface area (Å²) >= 11 is 6.13. The summed E-state index contributed by atoms with van der Waals surface area (Å²) < 4.78 is 7.68.